The quantitative estimate of drug-likeness (QED) is 0.282. The molecule has 176 valence electrons. The number of nitriles is 1. The number of nitrogens with zero attached hydrogens (tertiary/aromatic N) is 3. The molecular formula is C23H19ClF3N5O2. The maximum atomic E-state index is 13.1. The molecule has 0 aliphatic heterocycles. The first kappa shape index (κ1) is 24.8. The van der Waals surface area contributed by atoms with Crippen molar-refractivity contribution in [3.8, 4) is 6.07 Å². The number of anilines is 1. The van der Waals surface area contributed by atoms with Crippen LogP contribution >= 0.6 is 11.6 Å². The standard InChI is InChI=1S/C23H19ClF3N5O2/c1-11-6-15(13(3)31-17-4-5-19(24)32-18(17)9-29)22-16(7-11)20(33)12(2)21(34-22)14(8-28)10-30-23(25,26)27/h4-8,10,13,31H,28H2,1-3H3/b14-8+,30-10+. The van der Waals surface area contributed by atoms with Crippen LogP contribution in [0.25, 0.3) is 16.5 Å². The lowest BCUT2D eigenvalue weighted by Crippen LogP contribution is -2.14. The minimum absolute atomic E-state index is 0.0750. The van der Waals surface area contributed by atoms with Crippen molar-refractivity contribution in [3.63, 3.8) is 0 Å². The van der Waals surface area contributed by atoms with Crippen LogP contribution in [0.1, 0.15) is 41.1 Å². The van der Waals surface area contributed by atoms with Crippen LogP contribution in [-0.4, -0.2) is 17.5 Å². The number of aliphatic imine (C=N–C) groups is 1. The average Bonchev–Trinajstić information content (AvgIpc) is 2.77. The zero-order chi connectivity index (χ0) is 25.2. The van der Waals surface area contributed by atoms with Gasteiger partial charge in [-0.1, -0.05) is 17.7 Å². The summed E-state index contributed by atoms with van der Waals surface area (Å²) in [5.41, 5.74) is 6.94. The van der Waals surface area contributed by atoms with Gasteiger partial charge in [0.15, 0.2) is 11.1 Å². The number of pyridine rings is 1. The van der Waals surface area contributed by atoms with Crippen LogP contribution in [0.2, 0.25) is 5.15 Å². The van der Waals surface area contributed by atoms with Gasteiger partial charge < -0.3 is 15.5 Å². The highest BCUT2D eigenvalue weighted by Gasteiger charge is 2.26. The Labute approximate surface area is 197 Å². The fraction of sp³-hybridized carbons (Fsp3) is 0.217. The van der Waals surface area contributed by atoms with Crippen LogP contribution in [-0.2, 0) is 0 Å². The van der Waals surface area contributed by atoms with Crippen molar-refractivity contribution in [1.29, 1.82) is 5.26 Å². The second-order valence-corrected chi connectivity index (χ2v) is 7.86. The molecule has 2 aromatic heterocycles. The molecule has 3 rings (SSSR count). The summed E-state index contributed by atoms with van der Waals surface area (Å²) in [5.74, 6) is -0.129. The molecule has 3 N–H and O–H groups in total. The van der Waals surface area contributed by atoms with E-state index in [-0.39, 0.29) is 38.7 Å². The molecule has 0 amide bonds. The first-order valence-electron chi connectivity index (χ1n) is 9.90. The molecule has 0 aliphatic carbocycles. The molecule has 11 heteroatoms. The summed E-state index contributed by atoms with van der Waals surface area (Å²) in [6, 6.07) is 7.98. The third-order valence-corrected chi connectivity index (χ3v) is 5.20. The monoisotopic (exact) mass is 489 g/mol. The van der Waals surface area contributed by atoms with Crippen molar-refractivity contribution in [2.45, 2.75) is 33.1 Å². The zero-order valence-corrected chi connectivity index (χ0v) is 19.0. The Morgan fingerprint density at radius 3 is 2.68 bits per heavy atom. The van der Waals surface area contributed by atoms with E-state index in [0.29, 0.717) is 17.5 Å². The summed E-state index contributed by atoms with van der Waals surface area (Å²) in [4.78, 5) is 19.6. The Hall–Kier alpha value is -3.84. The summed E-state index contributed by atoms with van der Waals surface area (Å²) in [7, 11) is 0. The number of allylic oxidation sites excluding steroid dienone is 1. The van der Waals surface area contributed by atoms with Gasteiger partial charge in [0.05, 0.1) is 22.7 Å². The molecule has 0 spiro atoms. The number of benzene rings is 1. The van der Waals surface area contributed by atoms with E-state index in [1.165, 1.54) is 13.0 Å². The second-order valence-electron chi connectivity index (χ2n) is 7.47. The molecule has 7 nitrogen and oxygen atoms in total. The highest BCUT2D eigenvalue weighted by molar-refractivity contribution is 6.29. The minimum Gasteiger partial charge on any atom is -0.455 e. The van der Waals surface area contributed by atoms with Gasteiger partial charge in [0, 0.05) is 23.5 Å². The molecule has 3 aromatic rings. The number of hydrogen-bond acceptors (Lipinski definition) is 7. The van der Waals surface area contributed by atoms with Crippen LogP contribution in [0.4, 0.5) is 18.9 Å². The molecule has 0 radical (unpaired) electrons. The van der Waals surface area contributed by atoms with Crippen LogP contribution in [0, 0.1) is 25.2 Å². The lowest BCUT2D eigenvalue weighted by atomic mass is 9.99. The number of aromatic nitrogens is 1. The maximum absolute atomic E-state index is 13.1. The number of fused-ring (bicyclic) bond motifs is 1. The lowest BCUT2D eigenvalue weighted by molar-refractivity contribution is -0.118. The maximum Gasteiger partial charge on any atom is 0.503 e. The lowest BCUT2D eigenvalue weighted by Gasteiger charge is -2.19. The normalized spacial score (nSPS) is 13.3. The summed E-state index contributed by atoms with van der Waals surface area (Å²) < 4.78 is 43.8. The molecule has 2 heterocycles. The smallest absolute Gasteiger partial charge is 0.455 e. The number of halogens is 4. The van der Waals surface area contributed by atoms with E-state index in [0.717, 1.165) is 11.8 Å². The topological polar surface area (TPSA) is 117 Å². The third kappa shape index (κ3) is 5.21. The number of nitrogens with two attached hydrogens (primary N) is 1. The van der Waals surface area contributed by atoms with E-state index in [9.17, 15) is 23.2 Å². The van der Waals surface area contributed by atoms with E-state index in [1.807, 2.05) is 6.07 Å². The van der Waals surface area contributed by atoms with Crippen LogP contribution in [0.15, 0.2) is 44.7 Å². The van der Waals surface area contributed by atoms with Gasteiger partial charge in [-0.25, -0.2) is 4.98 Å². The third-order valence-electron chi connectivity index (χ3n) is 4.99. The van der Waals surface area contributed by atoms with Crippen molar-refractivity contribution in [3.05, 3.63) is 74.0 Å². The van der Waals surface area contributed by atoms with Gasteiger partial charge in [-0.2, -0.15) is 10.3 Å². The first-order valence-corrected chi connectivity index (χ1v) is 10.3. The predicted molar refractivity (Wildman–Crippen MR) is 125 cm³/mol. The molecule has 1 aromatic carbocycles. The van der Waals surface area contributed by atoms with E-state index in [1.54, 1.807) is 32.0 Å². The van der Waals surface area contributed by atoms with Crippen LogP contribution in [0.5, 0.6) is 0 Å². The molecule has 0 aliphatic rings. The van der Waals surface area contributed by atoms with E-state index < -0.39 is 17.8 Å². The number of hydrogen-bond donors (Lipinski definition) is 2. The molecule has 1 unspecified atom stereocenters. The SMILES string of the molecule is Cc1cc(C(C)Nc2ccc(Cl)nc2C#N)c2oc(C(/C=N/C(F)(F)F)=C/N)c(C)c(=O)c2c1. The summed E-state index contributed by atoms with van der Waals surface area (Å²) in [6.07, 6.45) is -3.42. The number of alkyl halides is 3. The molecule has 0 saturated carbocycles. The Kier molecular flexibility index (Phi) is 6.98. The Bertz CT molecular complexity index is 1420. The summed E-state index contributed by atoms with van der Waals surface area (Å²) >= 11 is 5.86. The molecule has 0 bridgehead atoms. The Morgan fingerprint density at radius 1 is 1.35 bits per heavy atom. The highest BCUT2D eigenvalue weighted by Crippen LogP contribution is 2.31. The second kappa shape index (κ2) is 9.57. The van der Waals surface area contributed by atoms with E-state index in [2.05, 4.69) is 15.3 Å². The minimum atomic E-state index is -4.81. The molecule has 34 heavy (non-hydrogen) atoms. The van der Waals surface area contributed by atoms with Gasteiger partial charge in [0.1, 0.15) is 22.6 Å². The van der Waals surface area contributed by atoms with Crippen molar-refractivity contribution in [2.75, 3.05) is 5.32 Å². The van der Waals surface area contributed by atoms with E-state index >= 15 is 0 Å². The van der Waals surface area contributed by atoms with Crippen LogP contribution in [0.3, 0.4) is 0 Å². The van der Waals surface area contributed by atoms with Gasteiger partial charge in [0.25, 0.3) is 0 Å². The van der Waals surface area contributed by atoms with Gasteiger partial charge in [-0.15, -0.1) is 13.2 Å². The van der Waals surface area contributed by atoms with Gasteiger partial charge in [0.2, 0.25) is 0 Å². The van der Waals surface area contributed by atoms with Crippen molar-refractivity contribution >= 4 is 40.0 Å². The Morgan fingerprint density at radius 2 is 2.06 bits per heavy atom. The summed E-state index contributed by atoms with van der Waals surface area (Å²) in [6.45, 7) is 5.01. The highest BCUT2D eigenvalue weighted by atomic mass is 35.5. The van der Waals surface area contributed by atoms with Gasteiger partial charge in [-0.05, 0) is 44.5 Å². The van der Waals surface area contributed by atoms with Crippen LogP contribution < -0.4 is 16.5 Å². The van der Waals surface area contributed by atoms with Crippen molar-refractivity contribution in [2.24, 2.45) is 10.7 Å². The van der Waals surface area contributed by atoms with E-state index in [4.69, 9.17) is 21.8 Å². The number of rotatable bonds is 5. The zero-order valence-electron chi connectivity index (χ0n) is 18.3. The Balaban J connectivity index is 2.19. The fourth-order valence-corrected chi connectivity index (χ4v) is 3.58. The summed E-state index contributed by atoms with van der Waals surface area (Å²) in [5, 5.41) is 12.9. The predicted octanol–water partition coefficient (Wildman–Crippen LogP) is 5.39. The molecule has 0 fully saturated rings. The number of aryl methyl sites for hydroxylation is 1. The largest absolute Gasteiger partial charge is 0.503 e. The fourth-order valence-electron chi connectivity index (χ4n) is 3.43. The molecule has 0 saturated heterocycles. The van der Waals surface area contributed by atoms with Gasteiger partial charge >= 0.3 is 6.30 Å². The molecular weight excluding hydrogens is 471 g/mol. The van der Waals surface area contributed by atoms with Crippen molar-refractivity contribution < 1.29 is 17.6 Å². The van der Waals surface area contributed by atoms with Crippen molar-refractivity contribution in [1.82, 2.24) is 4.98 Å². The van der Waals surface area contributed by atoms with Gasteiger partial charge in [-0.3, -0.25) is 4.79 Å². The number of nitrogens with one attached hydrogen (secondary N) is 1. The molecule has 1 atom stereocenters. The first-order chi connectivity index (χ1) is 15.9. The average molecular weight is 490 g/mol.